The van der Waals surface area contributed by atoms with Crippen molar-refractivity contribution in [3.05, 3.63) is 50.3 Å². The highest BCUT2D eigenvalue weighted by molar-refractivity contribution is 7.07. The summed E-state index contributed by atoms with van der Waals surface area (Å²) < 4.78 is 0. The molecule has 2 aromatic heterocycles. The number of nitrogens with zero attached hydrogens (tertiary/aromatic N) is 1. The van der Waals surface area contributed by atoms with Crippen molar-refractivity contribution < 1.29 is 0 Å². The van der Waals surface area contributed by atoms with Crippen molar-refractivity contribution in [1.29, 1.82) is 0 Å². The minimum atomic E-state index is -0.00522. The zero-order valence-electron chi connectivity index (χ0n) is 8.99. The highest BCUT2D eigenvalue weighted by Gasteiger charge is 1.99. The number of aryl methyl sites for hydroxylation is 1. The second kappa shape index (κ2) is 5.05. The third kappa shape index (κ3) is 2.77. The number of thiazole rings is 1. The smallest absolute Gasteiger partial charge is 0.304 e. The quantitative estimate of drug-likeness (QED) is 0.843. The molecule has 0 radical (unpaired) electrons. The van der Waals surface area contributed by atoms with Gasteiger partial charge in [0.25, 0.3) is 0 Å². The van der Waals surface area contributed by atoms with Crippen LogP contribution in [-0.2, 0) is 13.1 Å². The van der Waals surface area contributed by atoms with Crippen LogP contribution in [0.3, 0.4) is 0 Å². The molecule has 0 saturated heterocycles. The van der Waals surface area contributed by atoms with Crippen LogP contribution in [0.25, 0.3) is 0 Å². The van der Waals surface area contributed by atoms with Crippen LogP contribution in [0.15, 0.2) is 28.6 Å². The van der Waals surface area contributed by atoms with Gasteiger partial charge < -0.3 is 10.3 Å². The van der Waals surface area contributed by atoms with Crippen molar-refractivity contribution in [3.8, 4) is 0 Å². The van der Waals surface area contributed by atoms with Gasteiger partial charge in [-0.2, -0.15) is 0 Å². The van der Waals surface area contributed by atoms with Gasteiger partial charge in [-0.25, -0.2) is 0 Å². The molecule has 84 valence electrons. The number of nitrogens with one attached hydrogen (secondary N) is 2. The monoisotopic (exact) mass is 235 g/mol. The van der Waals surface area contributed by atoms with E-state index in [4.69, 9.17) is 0 Å². The second-order valence-electron chi connectivity index (χ2n) is 3.58. The molecule has 4 nitrogen and oxygen atoms in total. The number of hydrogen-bond acceptors (Lipinski definition) is 4. The SMILES string of the molecule is Cc1ccncc1CNCc1csc(=O)[nH]1. The van der Waals surface area contributed by atoms with E-state index in [2.05, 4.69) is 22.2 Å². The van der Waals surface area contributed by atoms with E-state index in [-0.39, 0.29) is 4.87 Å². The molecule has 2 aromatic rings. The van der Waals surface area contributed by atoms with Gasteiger partial charge in [0.2, 0.25) is 0 Å². The maximum atomic E-state index is 10.9. The molecule has 2 heterocycles. The molecule has 0 saturated carbocycles. The molecule has 0 bridgehead atoms. The number of hydrogen-bond donors (Lipinski definition) is 2. The first kappa shape index (κ1) is 11.0. The summed E-state index contributed by atoms with van der Waals surface area (Å²) in [4.78, 5) is 17.7. The standard InChI is InChI=1S/C11H13N3OS/c1-8-2-3-12-4-9(8)5-13-6-10-7-16-11(15)14-10/h2-4,7,13H,5-6H2,1H3,(H,14,15). The lowest BCUT2D eigenvalue weighted by atomic mass is 10.1. The molecule has 0 spiro atoms. The number of aromatic amines is 1. The molecule has 0 unspecified atom stereocenters. The summed E-state index contributed by atoms with van der Waals surface area (Å²) in [6, 6.07) is 1.99. The second-order valence-corrected chi connectivity index (χ2v) is 4.42. The van der Waals surface area contributed by atoms with Crippen LogP contribution in [0.2, 0.25) is 0 Å². The van der Waals surface area contributed by atoms with E-state index in [0.29, 0.717) is 6.54 Å². The molecule has 2 N–H and O–H groups in total. The highest BCUT2D eigenvalue weighted by Crippen LogP contribution is 2.04. The van der Waals surface area contributed by atoms with E-state index in [1.165, 1.54) is 22.5 Å². The molecule has 0 amide bonds. The third-order valence-electron chi connectivity index (χ3n) is 2.35. The molecular formula is C11H13N3OS. The lowest BCUT2D eigenvalue weighted by Crippen LogP contribution is -2.14. The van der Waals surface area contributed by atoms with Crippen LogP contribution in [0.5, 0.6) is 0 Å². The number of H-pyrrole nitrogens is 1. The lowest BCUT2D eigenvalue weighted by molar-refractivity contribution is 0.677. The first-order valence-corrected chi connectivity index (χ1v) is 5.90. The van der Waals surface area contributed by atoms with Gasteiger partial charge in [-0.05, 0) is 24.1 Å². The van der Waals surface area contributed by atoms with Crippen LogP contribution in [-0.4, -0.2) is 9.97 Å². The molecule has 0 aliphatic carbocycles. The first-order chi connectivity index (χ1) is 7.75. The van der Waals surface area contributed by atoms with E-state index in [0.717, 1.165) is 12.2 Å². The van der Waals surface area contributed by atoms with Crippen LogP contribution in [0.1, 0.15) is 16.8 Å². The zero-order chi connectivity index (χ0) is 11.4. The summed E-state index contributed by atoms with van der Waals surface area (Å²) in [5.74, 6) is 0. The fourth-order valence-corrected chi connectivity index (χ4v) is 2.00. The van der Waals surface area contributed by atoms with Crippen molar-refractivity contribution in [2.45, 2.75) is 20.0 Å². The summed E-state index contributed by atoms with van der Waals surface area (Å²) in [7, 11) is 0. The van der Waals surface area contributed by atoms with Gasteiger partial charge in [0.15, 0.2) is 0 Å². The summed E-state index contributed by atoms with van der Waals surface area (Å²) in [6.07, 6.45) is 3.65. The summed E-state index contributed by atoms with van der Waals surface area (Å²) in [5.41, 5.74) is 3.33. The summed E-state index contributed by atoms with van der Waals surface area (Å²) in [6.45, 7) is 3.50. The maximum Gasteiger partial charge on any atom is 0.304 e. The van der Waals surface area contributed by atoms with E-state index >= 15 is 0 Å². The minimum Gasteiger partial charge on any atom is -0.315 e. The molecule has 2 rings (SSSR count). The molecule has 0 aliphatic heterocycles. The van der Waals surface area contributed by atoms with E-state index in [1.54, 1.807) is 6.20 Å². The molecule has 0 fully saturated rings. The highest BCUT2D eigenvalue weighted by atomic mass is 32.1. The van der Waals surface area contributed by atoms with Crippen molar-refractivity contribution in [1.82, 2.24) is 15.3 Å². The molecule has 0 aromatic carbocycles. The Balaban J connectivity index is 1.89. The van der Waals surface area contributed by atoms with Crippen LogP contribution < -0.4 is 10.2 Å². The van der Waals surface area contributed by atoms with E-state index < -0.39 is 0 Å². The fourth-order valence-electron chi connectivity index (χ4n) is 1.41. The van der Waals surface area contributed by atoms with Gasteiger partial charge in [0.05, 0.1) is 0 Å². The number of rotatable bonds is 4. The summed E-state index contributed by atoms with van der Waals surface area (Å²) in [5, 5.41) is 5.11. The number of aromatic nitrogens is 2. The molecular weight excluding hydrogens is 222 g/mol. The van der Waals surface area contributed by atoms with Crippen molar-refractivity contribution in [3.63, 3.8) is 0 Å². The van der Waals surface area contributed by atoms with Crippen molar-refractivity contribution in [2.75, 3.05) is 0 Å². The Morgan fingerprint density at radius 3 is 3.06 bits per heavy atom. The Morgan fingerprint density at radius 2 is 2.38 bits per heavy atom. The normalized spacial score (nSPS) is 10.6. The maximum absolute atomic E-state index is 10.9. The molecule has 0 aliphatic rings. The van der Waals surface area contributed by atoms with Crippen molar-refractivity contribution in [2.24, 2.45) is 0 Å². The third-order valence-corrected chi connectivity index (χ3v) is 3.07. The molecule has 0 atom stereocenters. The van der Waals surface area contributed by atoms with Crippen LogP contribution in [0, 0.1) is 6.92 Å². The van der Waals surface area contributed by atoms with Gasteiger partial charge in [-0.15, -0.1) is 0 Å². The van der Waals surface area contributed by atoms with Crippen molar-refractivity contribution >= 4 is 11.3 Å². The molecule has 5 heteroatoms. The van der Waals surface area contributed by atoms with Gasteiger partial charge in [-0.3, -0.25) is 9.78 Å². The Labute approximate surface area is 97.4 Å². The van der Waals surface area contributed by atoms with Gasteiger partial charge in [0, 0.05) is 36.6 Å². The Kier molecular flexibility index (Phi) is 3.48. The van der Waals surface area contributed by atoms with E-state index in [9.17, 15) is 4.79 Å². The Bertz CT molecular complexity index is 518. The fraction of sp³-hybridized carbons (Fsp3) is 0.273. The van der Waals surface area contributed by atoms with Gasteiger partial charge in [0.1, 0.15) is 0 Å². The Morgan fingerprint density at radius 1 is 1.50 bits per heavy atom. The summed E-state index contributed by atoms with van der Waals surface area (Å²) >= 11 is 1.19. The lowest BCUT2D eigenvalue weighted by Gasteiger charge is -2.05. The molecule has 16 heavy (non-hydrogen) atoms. The predicted molar refractivity (Wildman–Crippen MR) is 64.5 cm³/mol. The van der Waals surface area contributed by atoms with Gasteiger partial charge in [-0.1, -0.05) is 11.3 Å². The van der Waals surface area contributed by atoms with Gasteiger partial charge >= 0.3 is 4.87 Å². The Hall–Kier alpha value is -1.46. The topological polar surface area (TPSA) is 57.8 Å². The largest absolute Gasteiger partial charge is 0.315 e. The zero-order valence-corrected chi connectivity index (χ0v) is 9.80. The average Bonchev–Trinajstić information content (AvgIpc) is 2.67. The number of pyridine rings is 1. The van der Waals surface area contributed by atoms with E-state index in [1.807, 2.05) is 17.6 Å². The average molecular weight is 235 g/mol. The predicted octanol–water partition coefficient (Wildman–Crippen LogP) is 1.43. The minimum absolute atomic E-state index is 0.00522. The van der Waals surface area contributed by atoms with Crippen LogP contribution in [0.4, 0.5) is 0 Å². The van der Waals surface area contributed by atoms with Crippen LogP contribution >= 0.6 is 11.3 Å². The first-order valence-electron chi connectivity index (χ1n) is 5.02.